The third-order valence-corrected chi connectivity index (χ3v) is 7.05. The molecule has 6 heteroatoms. The van der Waals surface area contributed by atoms with E-state index in [9.17, 15) is 0 Å². The Hall–Kier alpha value is -1.89. The number of benzene rings is 1. The molecule has 0 saturated heterocycles. The maximum atomic E-state index is 5.02. The van der Waals surface area contributed by atoms with Crippen molar-refractivity contribution in [1.29, 1.82) is 0 Å². The zero-order valence-electron chi connectivity index (χ0n) is 20.9. The van der Waals surface area contributed by atoms with Crippen LogP contribution in [0.15, 0.2) is 34.2 Å². The second-order valence-electron chi connectivity index (χ2n) is 10.6. The van der Waals surface area contributed by atoms with Crippen LogP contribution in [0.4, 0.5) is 11.4 Å². The van der Waals surface area contributed by atoms with E-state index in [2.05, 4.69) is 103 Å². The molecule has 0 saturated carbocycles. The Labute approximate surface area is 193 Å². The summed E-state index contributed by atoms with van der Waals surface area (Å²) in [4.78, 5) is 8.62. The lowest BCUT2D eigenvalue weighted by Gasteiger charge is -2.24. The normalized spacial score (nSPS) is 15.6. The molecule has 1 aromatic heterocycles. The number of fused-ring (bicyclic) bond motifs is 1. The molecule has 0 atom stereocenters. The first-order chi connectivity index (χ1) is 14.3. The minimum atomic E-state index is 0.823. The molecule has 31 heavy (non-hydrogen) atoms. The molecule has 1 aliphatic rings. The monoisotopic (exact) mass is 442 g/mol. The molecular formula is C25H40N5S+3. The van der Waals surface area contributed by atoms with Crippen molar-refractivity contribution >= 4 is 29.2 Å². The van der Waals surface area contributed by atoms with Crippen molar-refractivity contribution in [1.82, 2.24) is 9.47 Å². The van der Waals surface area contributed by atoms with Crippen molar-refractivity contribution in [2.75, 3.05) is 60.8 Å². The quantitative estimate of drug-likeness (QED) is 0.367. The van der Waals surface area contributed by atoms with Crippen molar-refractivity contribution in [3.63, 3.8) is 0 Å². The molecule has 0 N–H and O–H groups in total. The Kier molecular flexibility index (Phi) is 6.84. The first-order valence-corrected chi connectivity index (χ1v) is 11.9. The van der Waals surface area contributed by atoms with Crippen LogP contribution in [0, 0.1) is 6.92 Å². The third kappa shape index (κ3) is 5.88. The van der Waals surface area contributed by atoms with Gasteiger partial charge in [-0.05, 0) is 30.8 Å². The standard InChI is InChI=1S/C25H40N5S/c1-19-16-20(26-24(27(19)2)12-10-11-15-29(4,5)6)17-25-28(3)22-14-13-21(30(7,8)9)18-23(22)31-25/h13-14,16-18H,10-12,15H2,1-9H3/q+3. The molecule has 0 spiro atoms. The van der Waals surface area contributed by atoms with E-state index in [0.29, 0.717) is 0 Å². The first kappa shape index (κ1) is 23.8. The number of rotatable bonds is 7. The van der Waals surface area contributed by atoms with Gasteiger partial charge >= 0.3 is 0 Å². The summed E-state index contributed by atoms with van der Waals surface area (Å²) in [5.41, 5.74) is 4.88. The van der Waals surface area contributed by atoms with Crippen molar-refractivity contribution in [3.8, 4) is 0 Å². The largest absolute Gasteiger partial charge is 0.338 e. The van der Waals surface area contributed by atoms with Crippen LogP contribution in [0.3, 0.4) is 0 Å². The number of anilines is 1. The molecular weight excluding hydrogens is 402 g/mol. The lowest BCUT2D eigenvalue weighted by molar-refractivity contribution is -0.870. The van der Waals surface area contributed by atoms with Gasteiger partial charge in [-0.1, -0.05) is 11.8 Å². The van der Waals surface area contributed by atoms with Gasteiger partial charge in [-0.15, -0.1) is 0 Å². The van der Waals surface area contributed by atoms with E-state index in [0.717, 1.165) is 21.1 Å². The van der Waals surface area contributed by atoms with Gasteiger partial charge in [-0.2, -0.15) is 0 Å². The Morgan fingerprint density at radius 1 is 1.06 bits per heavy atom. The second-order valence-corrected chi connectivity index (χ2v) is 11.6. The van der Waals surface area contributed by atoms with Crippen LogP contribution in [0.5, 0.6) is 0 Å². The maximum Gasteiger partial charge on any atom is 0.299 e. The highest BCUT2D eigenvalue weighted by Crippen LogP contribution is 2.47. The van der Waals surface area contributed by atoms with Crippen LogP contribution in [-0.2, 0) is 13.5 Å². The number of hydrogen-bond acceptors (Lipinski definition) is 3. The fourth-order valence-corrected chi connectivity index (χ4v) is 4.90. The Bertz CT molecular complexity index is 983. The molecule has 3 rings (SSSR count). The van der Waals surface area contributed by atoms with Crippen LogP contribution in [0.1, 0.15) is 30.1 Å². The van der Waals surface area contributed by atoms with Crippen LogP contribution in [-0.4, -0.2) is 65.3 Å². The molecule has 2 aromatic rings. The molecule has 2 heterocycles. The molecule has 0 amide bonds. The number of thioether (sulfide) groups is 1. The van der Waals surface area contributed by atoms with Gasteiger partial charge < -0.3 is 9.38 Å². The summed E-state index contributed by atoms with van der Waals surface area (Å²) in [5.74, 6) is 1.17. The number of nitrogens with zero attached hydrogens (tertiary/aromatic N) is 5. The first-order valence-electron chi connectivity index (χ1n) is 11.1. The van der Waals surface area contributed by atoms with E-state index in [-0.39, 0.29) is 0 Å². The lowest BCUT2D eigenvalue weighted by atomic mass is 10.2. The smallest absolute Gasteiger partial charge is 0.299 e. The molecule has 0 bridgehead atoms. The van der Waals surface area contributed by atoms with E-state index in [1.54, 1.807) is 0 Å². The van der Waals surface area contributed by atoms with Crippen LogP contribution >= 0.6 is 11.8 Å². The van der Waals surface area contributed by atoms with Crippen molar-refractivity contribution in [3.05, 3.63) is 46.5 Å². The fraction of sp³-hybridized carbons (Fsp3) is 0.520. The summed E-state index contributed by atoms with van der Waals surface area (Å²) in [6, 6.07) is 8.99. The second kappa shape index (κ2) is 8.93. The molecule has 0 radical (unpaired) electrons. The molecule has 0 fully saturated rings. The lowest BCUT2D eigenvalue weighted by Crippen LogP contribution is -2.39. The predicted molar refractivity (Wildman–Crippen MR) is 134 cm³/mol. The van der Waals surface area contributed by atoms with Crippen LogP contribution < -0.4 is 14.0 Å². The summed E-state index contributed by atoms with van der Waals surface area (Å²) in [6.07, 6.45) is 5.64. The number of aryl methyl sites for hydroxylation is 2. The summed E-state index contributed by atoms with van der Waals surface area (Å²) < 4.78 is 4.08. The Morgan fingerprint density at radius 2 is 1.77 bits per heavy atom. The Balaban J connectivity index is 1.80. The van der Waals surface area contributed by atoms with Crippen molar-refractivity contribution in [2.45, 2.75) is 31.1 Å². The number of hydrogen-bond donors (Lipinski definition) is 0. The Morgan fingerprint density at radius 3 is 2.42 bits per heavy atom. The molecule has 168 valence electrons. The predicted octanol–water partition coefficient (Wildman–Crippen LogP) is 3.98. The summed E-state index contributed by atoms with van der Waals surface area (Å²) in [7, 11) is 17.7. The van der Waals surface area contributed by atoms with Gasteiger partial charge in [-0.3, -0.25) is 4.48 Å². The highest BCUT2D eigenvalue weighted by Gasteiger charge is 2.26. The van der Waals surface area contributed by atoms with Gasteiger partial charge in [0.1, 0.15) is 11.4 Å². The number of aromatic nitrogens is 2. The molecule has 5 nitrogen and oxygen atoms in total. The minimum absolute atomic E-state index is 0.823. The maximum absolute atomic E-state index is 5.02. The highest BCUT2D eigenvalue weighted by atomic mass is 32.2. The third-order valence-electron chi connectivity index (χ3n) is 5.91. The minimum Gasteiger partial charge on any atom is -0.338 e. The topological polar surface area (TPSA) is 20.0 Å². The van der Waals surface area contributed by atoms with Gasteiger partial charge in [0, 0.05) is 36.2 Å². The van der Waals surface area contributed by atoms with E-state index >= 15 is 0 Å². The van der Waals surface area contributed by atoms with E-state index in [1.165, 1.54) is 52.2 Å². The SMILES string of the molecule is Cc1cc(C=C2Sc3cc([N+](C)(C)C)ccc3N2C)nc(CCCC[N+](C)(C)C)[n+]1C. The van der Waals surface area contributed by atoms with E-state index in [1.807, 2.05) is 11.8 Å². The van der Waals surface area contributed by atoms with Gasteiger partial charge in [0.15, 0.2) is 5.69 Å². The number of unbranched alkanes of at least 4 members (excludes halogenated alkanes) is 1. The average Bonchev–Trinajstić information content (AvgIpc) is 2.96. The summed E-state index contributed by atoms with van der Waals surface area (Å²) >= 11 is 1.84. The molecule has 1 aromatic carbocycles. The van der Waals surface area contributed by atoms with E-state index < -0.39 is 0 Å². The van der Waals surface area contributed by atoms with Crippen LogP contribution in [0.25, 0.3) is 6.08 Å². The summed E-state index contributed by atoms with van der Waals surface area (Å²) in [6.45, 7) is 3.37. The van der Waals surface area contributed by atoms with Gasteiger partial charge in [-0.25, -0.2) is 4.57 Å². The van der Waals surface area contributed by atoms with E-state index in [4.69, 9.17) is 4.98 Å². The van der Waals surface area contributed by atoms with Crippen molar-refractivity contribution < 1.29 is 9.05 Å². The zero-order chi connectivity index (χ0) is 23.0. The fourth-order valence-electron chi connectivity index (χ4n) is 3.77. The molecule has 0 unspecified atom stereocenters. The van der Waals surface area contributed by atoms with Gasteiger partial charge in [0.05, 0.1) is 73.0 Å². The van der Waals surface area contributed by atoms with Crippen LogP contribution in [0.2, 0.25) is 0 Å². The van der Waals surface area contributed by atoms with Gasteiger partial charge in [0.2, 0.25) is 0 Å². The zero-order valence-corrected chi connectivity index (χ0v) is 21.7. The van der Waals surface area contributed by atoms with Crippen molar-refractivity contribution in [2.24, 2.45) is 7.05 Å². The number of quaternary nitrogens is 2. The van der Waals surface area contributed by atoms with Gasteiger partial charge in [0.25, 0.3) is 5.82 Å². The summed E-state index contributed by atoms with van der Waals surface area (Å²) in [5, 5.41) is 1.23. The molecule has 0 aliphatic carbocycles. The highest BCUT2D eigenvalue weighted by molar-refractivity contribution is 8.03. The average molecular weight is 443 g/mol. The molecule has 1 aliphatic heterocycles.